The number of H-pyrrole nitrogens is 1. The zero-order valence-electron chi connectivity index (χ0n) is 9.39. The summed E-state index contributed by atoms with van der Waals surface area (Å²) in [6.07, 6.45) is 2.80. The standard InChI is InChI=1S/C13H13N3O/c17-12-11(9-10-5-2-1-3-6-10)15-13-14-7-4-8-16(12)13/h1-3,5-6,9H,4,7-8H2,(H,14,15). The number of rotatable bonds is 1. The molecule has 0 fully saturated rings. The Labute approximate surface area is 97.9 Å². The predicted octanol–water partition coefficient (Wildman–Crippen LogP) is 0.0285. The number of imidazole rings is 1. The molecule has 17 heavy (non-hydrogen) atoms. The summed E-state index contributed by atoms with van der Waals surface area (Å²) in [5.41, 5.74) is 1.74. The minimum atomic E-state index is 0.0207. The van der Waals surface area contributed by atoms with Crippen LogP contribution in [-0.4, -0.2) is 16.1 Å². The van der Waals surface area contributed by atoms with Crippen LogP contribution in [0.2, 0.25) is 0 Å². The van der Waals surface area contributed by atoms with Gasteiger partial charge in [0.1, 0.15) is 5.35 Å². The van der Waals surface area contributed by atoms with Crippen molar-refractivity contribution in [3.05, 3.63) is 57.2 Å². The highest BCUT2D eigenvalue weighted by Gasteiger charge is 2.07. The van der Waals surface area contributed by atoms with Crippen molar-refractivity contribution in [2.45, 2.75) is 13.0 Å². The van der Waals surface area contributed by atoms with E-state index in [9.17, 15) is 4.79 Å². The molecule has 86 valence electrons. The lowest BCUT2D eigenvalue weighted by molar-refractivity contribution is 0.557. The van der Waals surface area contributed by atoms with Crippen molar-refractivity contribution in [1.29, 1.82) is 0 Å². The van der Waals surface area contributed by atoms with Crippen molar-refractivity contribution < 1.29 is 0 Å². The fourth-order valence-corrected chi connectivity index (χ4v) is 2.04. The van der Waals surface area contributed by atoms with E-state index in [1.807, 2.05) is 36.4 Å². The van der Waals surface area contributed by atoms with E-state index in [1.54, 1.807) is 4.57 Å². The summed E-state index contributed by atoms with van der Waals surface area (Å²) >= 11 is 0. The Bertz CT molecular complexity index is 695. The number of hydrogen-bond donors (Lipinski definition) is 1. The fraction of sp³-hybridized carbons (Fsp3) is 0.231. The zero-order valence-corrected chi connectivity index (χ0v) is 9.39. The van der Waals surface area contributed by atoms with Gasteiger partial charge >= 0.3 is 0 Å². The molecule has 0 aliphatic carbocycles. The highest BCUT2D eigenvalue weighted by molar-refractivity contribution is 5.47. The highest BCUT2D eigenvalue weighted by Crippen LogP contribution is 1.97. The number of aromatic amines is 1. The van der Waals surface area contributed by atoms with Crippen LogP contribution >= 0.6 is 0 Å². The Morgan fingerprint density at radius 2 is 2.12 bits per heavy atom. The maximum Gasteiger partial charge on any atom is 0.277 e. The van der Waals surface area contributed by atoms with Gasteiger partial charge in [-0.3, -0.25) is 14.4 Å². The third kappa shape index (κ3) is 1.82. The van der Waals surface area contributed by atoms with E-state index in [1.165, 1.54) is 0 Å². The van der Waals surface area contributed by atoms with Gasteiger partial charge in [-0.15, -0.1) is 0 Å². The summed E-state index contributed by atoms with van der Waals surface area (Å²) in [5, 5.41) is 0.608. The maximum atomic E-state index is 12.1. The van der Waals surface area contributed by atoms with E-state index in [-0.39, 0.29) is 5.56 Å². The van der Waals surface area contributed by atoms with E-state index in [0.29, 0.717) is 11.0 Å². The second-order valence-corrected chi connectivity index (χ2v) is 4.11. The SMILES string of the molecule is O=c1c(=Cc2ccccc2)[nH]c2n1CCCN=2. The van der Waals surface area contributed by atoms with Gasteiger partial charge in [0.2, 0.25) is 5.62 Å². The van der Waals surface area contributed by atoms with Crippen molar-refractivity contribution in [1.82, 2.24) is 9.55 Å². The van der Waals surface area contributed by atoms with Crippen molar-refractivity contribution in [2.24, 2.45) is 4.99 Å². The molecule has 1 aromatic carbocycles. The Hall–Kier alpha value is -2.10. The average Bonchev–Trinajstić information content (AvgIpc) is 2.68. The van der Waals surface area contributed by atoms with Crippen LogP contribution in [0.5, 0.6) is 0 Å². The fourth-order valence-electron chi connectivity index (χ4n) is 2.04. The topological polar surface area (TPSA) is 50.1 Å². The molecule has 2 heterocycles. The van der Waals surface area contributed by atoms with Crippen molar-refractivity contribution >= 4 is 6.08 Å². The van der Waals surface area contributed by atoms with Gasteiger partial charge < -0.3 is 4.98 Å². The number of nitrogens with zero attached hydrogens (tertiary/aromatic N) is 2. The first-order valence-electron chi connectivity index (χ1n) is 5.75. The molecular weight excluding hydrogens is 214 g/mol. The van der Waals surface area contributed by atoms with Gasteiger partial charge in [-0.1, -0.05) is 30.3 Å². The molecule has 0 unspecified atom stereocenters. The Morgan fingerprint density at radius 1 is 1.29 bits per heavy atom. The first-order valence-corrected chi connectivity index (χ1v) is 5.75. The van der Waals surface area contributed by atoms with E-state index >= 15 is 0 Å². The normalized spacial score (nSPS) is 15.4. The third-order valence-electron chi connectivity index (χ3n) is 2.89. The zero-order chi connectivity index (χ0) is 11.7. The van der Waals surface area contributed by atoms with Crippen LogP contribution in [0.3, 0.4) is 0 Å². The molecule has 3 rings (SSSR count). The van der Waals surface area contributed by atoms with Crippen LogP contribution in [0, 0.1) is 0 Å². The molecular formula is C13H13N3O. The summed E-state index contributed by atoms with van der Waals surface area (Å²) in [4.78, 5) is 19.4. The van der Waals surface area contributed by atoms with E-state index in [0.717, 1.165) is 25.1 Å². The number of aromatic nitrogens is 2. The van der Waals surface area contributed by atoms with Gasteiger partial charge in [0.25, 0.3) is 5.56 Å². The molecule has 0 radical (unpaired) electrons. The number of nitrogens with one attached hydrogen (secondary N) is 1. The second kappa shape index (κ2) is 4.05. The average molecular weight is 227 g/mol. The second-order valence-electron chi connectivity index (χ2n) is 4.11. The largest absolute Gasteiger partial charge is 0.321 e. The van der Waals surface area contributed by atoms with Crippen molar-refractivity contribution in [3.8, 4) is 0 Å². The van der Waals surface area contributed by atoms with Gasteiger partial charge in [0.15, 0.2) is 0 Å². The van der Waals surface area contributed by atoms with Crippen molar-refractivity contribution in [2.75, 3.05) is 6.54 Å². The molecule has 2 aromatic rings. The first-order chi connectivity index (χ1) is 8.34. The molecule has 1 aliphatic rings. The van der Waals surface area contributed by atoms with E-state index < -0.39 is 0 Å². The van der Waals surface area contributed by atoms with Crippen LogP contribution in [0.25, 0.3) is 6.08 Å². The highest BCUT2D eigenvalue weighted by atomic mass is 16.1. The third-order valence-corrected chi connectivity index (χ3v) is 2.89. The molecule has 0 saturated heterocycles. The molecule has 1 aromatic heterocycles. The van der Waals surface area contributed by atoms with Crippen LogP contribution in [-0.2, 0) is 6.54 Å². The Kier molecular flexibility index (Phi) is 2.40. The quantitative estimate of drug-likeness (QED) is 0.734. The summed E-state index contributed by atoms with van der Waals surface area (Å²) in [5.74, 6) is 0. The molecule has 4 nitrogen and oxygen atoms in total. The minimum absolute atomic E-state index is 0.0207. The molecule has 0 amide bonds. The lowest BCUT2D eigenvalue weighted by Gasteiger charge is -2.03. The molecule has 0 saturated carbocycles. The van der Waals surface area contributed by atoms with Gasteiger partial charge in [-0.25, -0.2) is 0 Å². The van der Waals surface area contributed by atoms with E-state index in [2.05, 4.69) is 9.98 Å². The van der Waals surface area contributed by atoms with Gasteiger partial charge in [0, 0.05) is 13.1 Å². The van der Waals surface area contributed by atoms with Crippen LogP contribution < -0.4 is 16.5 Å². The molecule has 4 heteroatoms. The maximum absolute atomic E-state index is 12.1. The monoisotopic (exact) mass is 227 g/mol. The summed E-state index contributed by atoms with van der Waals surface area (Å²) in [7, 11) is 0. The Morgan fingerprint density at radius 3 is 2.88 bits per heavy atom. The summed E-state index contributed by atoms with van der Waals surface area (Å²) < 4.78 is 1.71. The molecule has 0 atom stereocenters. The van der Waals surface area contributed by atoms with Gasteiger partial charge in [-0.05, 0) is 18.1 Å². The molecule has 0 spiro atoms. The Balaban J connectivity index is 2.21. The van der Waals surface area contributed by atoms with Crippen molar-refractivity contribution in [3.63, 3.8) is 0 Å². The number of fused-ring (bicyclic) bond motifs is 1. The first kappa shape index (κ1) is 10.1. The molecule has 1 aliphatic heterocycles. The lowest BCUT2D eigenvalue weighted by atomic mass is 10.2. The van der Waals surface area contributed by atoms with Crippen LogP contribution in [0.15, 0.2) is 40.1 Å². The van der Waals surface area contributed by atoms with E-state index in [4.69, 9.17) is 0 Å². The van der Waals surface area contributed by atoms with Crippen LogP contribution in [0.4, 0.5) is 0 Å². The van der Waals surface area contributed by atoms with Gasteiger partial charge in [0.05, 0.1) is 0 Å². The number of hydrogen-bond acceptors (Lipinski definition) is 2. The van der Waals surface area contributed by atoms with Gasteiger partial charge in [-0.2, -0.15) is 0 Å². The molecule has 1 N–H and O–H groups in total. The number of benzene rings is 1. The summed E-state index contributed by atoms with van der Waals surface area (Å²) in [6.45, 7) is 1.56. The minimum Gasteiger partial charge on any atom is -0.321 e. The summed E-state index contributed by atoms with van der Waals surface area (Å²) in [6, 6.07) is 9.81. The lowest BCUT2D eigenvalue weighted by Crippen LogP contribution is -2.33. The smallest absolute Gasteiger partial charge is 0.277 e. The predicted molar refractivity (Wildman–Crippen MR) is 65.3 cm³/mol. The molecule has 0 bridgehead atoms. The van der Waals surface area contributed by atoms with Crippen LogP contribution in [0.1, 0.15) is 12.0 Å².